The van der Waals surface area contributed by atoms with Crippen LogP contribution in [0.15, 0.2) is 40.0 Å². The van der Waals surface area contributed by atoms with Gasteiger partial charge in [0.05, 0.1) is 23.3 Å². The zero-order valence-electron chi connectivity index (χ0n) is 19.0. The van der Waals surface area contributed by atoms with Crippen molar-refractivity contribution in [3.05, 3.63) is 58.6 Å². The van der Waals surface area contributed by atoms with Gasteiger partial charge in [0.15, 0.2) is 11.5 Å². The van der Waals surface area contributed by atoms with E-state index in [0.29, 0.717) is 40.3 Å². The van der Waals surface area contributed by atoms with E-state index in [1.165, 1.54) is 18.3 Å². The molecule has 7 nitrogen and oxygen atoms in total. The molecule has 1 aromatic heterocycles. The molecular formula is C23H27F2N3O4. The molecule has 0 bridgehead atoms. The summed E-state index contributed by atoms with van der Waals surface area (Å²) in [5, 5.41) is 6.50. The first-order valence-electron chi connectivity index (χ1n) is 10.2. The topological polar surface area (TPSA) is 86.0 Å². The number of benzene rings is 1. The number of aromatic nitrogens is 1. The fourth-order valence-corrected chi connectivity index (χ4v) is 3.01. The number of nitrogens with one attached hydrogen (secondary N) is 1. The fourth-order valence-electron chi connectivity index (χ4n) is 3.01. The number of ether oxygens (including phenoxy) is 2. The minimum absolute atomic E-state index is 0.0341. The van der Waals surface area contributed by atoms with Crippen molar-refractivity contribution in [3.8, 4) is 11.5 Å². The zero-order valence-corrected chi connectivity index (χ0v) is 19.0. The number of rotatable bonds is 6. The van der Waals surface area contributed by atoms with Gasteiger partial charge >= 0.3 is 6.29 Å². The van der Waals surface area contributed by atoms with E-state index in [4.69, 9.17) is 4.52 Å². The van der Waals surface area contributed by atoms with Crippen molar-refractivity contribution in [1.82, 2.24) is 10.5 Å². The van der Waals surface area contributed by atoms with Gasteiger partial charge in [-0.2, -0.15) is 0 Å². The molecule has 1 aromatic carbocycles. The second-order valence-corrected chi connectivity index (χ2v) is 6.61. The van der Waals surface area contributed by atoms with E-state index in [1.807, 2.05) is 20.8 Å². The molecule has 32 heavy (non-hydrogen) atoms. The molecule has 2 aromatic rings. The molecule has 0 saturated heterocycles. The molecule has 0 aliphatic carbocycles. The predicted molar refractivity (Wildman–Crippen MR) is 118 cm³/mol. The van der Waals surface area contributed by atoms with Gasteiger partial charge in [-0.3, -0.25) is 9.79 Å². The molecule has 0 radical (unpaired) electrons. The number of carbonyl (C=O) groups is 1. The van der Waals surface area contributed by atoms with Gasteiger partial charge in [-0.05, 0) is 44.9 Å². The van der Waals surface area contributed by atoms with Crippen LogP contribution < -0.4 is 14.8 Å². The monoisotopic (exact) mass is 447 g/mol. The minimum Gasteiger partial charge on any atom is -0.395 e. The van der Waals surface area contributed by atoms with Crippen LogP contribution in [0.1, 0.15) is 60.6 Å². The van der Waals surface area contributed by atoms with Gasteiger partial charge in [0.1, 0.15) is 11.3 Å². The summed E-state index contributed by atoms with van der Waals surface area (Å²) in [6, 6.07) is 2.90. The van der Waals surface area contributed by atoms with Crippen LogP contribution in [0.4, 0.5) is 8.78 Å². The van der Waals surface area contributed by atoms with Gasteiger partial charge in [-0.15, -0.1) is 8.78 Å². The van der Waals surface area contributed by atoms with Crippen LogP contribution in [-0.4, -0.2) is 23.6 Å². The van der Waals surface area contributed by atoms with Crippen LogP contribution in [0, 0.1) is 13.8 Å². The Labute approximate surface area is 185 Å². The summed E-state index contributed by atoms with van der Waals surface area (Å²) >= 11 is 0. The number of aliphatic imine (C=N–C) groups is 1. The molecule has 1 N–H and O–H groups in total. The Balaban J connectivity index is 0.00000176. The first-order valence-corrected chi connectivity index (χ1v) is 10.2. The van der Waals surface area contributed by atoms with E-state index in [0.717, 1.165) is 0 Å². The lowest BCUT2D eigenvalue weighted by molar-refractivity contribution is -0.286. The lowest BCUT2D eigenvalue weighted by Gasteiger charge is -2.08. The maximum absolute atomic E-state index is 13.3. The average molecular weight is 447 g/mol. The number of carbonyl (C=O) groups excluding carboxylic acids is 1. The second kappa shape index (κ2) is 10.2. The number of hydrogen-bond acceptors (Lipinski definition) is 6. The lowest BCUT2D eigenvalue weighted by atomic mass is 10.0. The molecule has 9 heteroatoms. The van der Waals surface area contributed by atoms with Gasteiger partial charge in [0.25, 0.3) is 5.91 Å². The Morgan fingerprint density at radius 2 is 1.88 bits per heavy atom. The van der Waals surface area contributed by atoms with Gasteiger partial charge in [-0.1, -0.05) is 38.6 Å². The Kier molecular flexibility index (Phi) is 7.91. The number of hydrogen-bond donors (Lipinski definition) is 1. The maximum Gasteiger partial charge on any atom is 0.586 e. The first-order chi connectivity index (χ1) is 15.1. The summed E-state index contributed by atoms with van der Waals surface area (Å²) in [6.07, 6.45) is -0.0670. The number of amides is 1. The number of aryl methyl sites for hydroxylation is 3. The van der Waals surface area contributed by atoms with E-state index >= 15 is 0 Å². The maximum atomic E-state index is 13.3. The smallest absolute Gasteiger partial charge is 0.395 e. The SMILES string of the molecule is C=C(C=N/C(=C\C)c1cc2c(cc1C)OC(F)(F)O2)NC(=O)c1c(CC)noc1C.CC. The highest BCUT2D eigenvalue weighted by atomic mass is 19.3. The first kappa shape index (κ1) is 24.8. The number of nitrogens with zero attached hydrogens (tertiary/aromatic N) is 2. The van der Waals surface area contributed by atoms with Crippen molar-refractivity contribution < 1.29 is 27.6 Å². The van der Waals surface area contributed by atoms with Gasteiger partial charge in [0.2, 0.25) is 0 Å². The van der Waals surface area contributed by atoms with Crippen molar-refractivity contribution in [2.75, 3.05) is 0 Å². The van der Waals surface area contributed by atoms with Crippen LogP contribution in [0.5, 0.6) is 11.5 Å². The quantitative estimate of drug-likeness (QED) is 0.585. The van der Waals surface area contributed by atoms with Crippen LogP contribution in [-0.2, 0) is 6.42 Å². The molecule has 1 aliphatic rings. The highest BCUT2D eigenvalue weighted by molar-refractivity contribution is 6.00. The molecule has 0 unspecified atom stereocenters. The van der Waals surface area contributed by atoms with E-state index in [1.54, 1.807) is 26.8 Å². The molecule has 1 amide bonds. The summed E-state index contributed by atoms with van der Waals surface area (Å²) in [7, 11) is 0. The molecular weight excluding hydrogens is 420 g/mol. The highest BCUT2D eigenvalue weighted by Gasteiger charge is 2.43. The van der Waals surface area contributed by atoms with Crippen molar-refractivity contribution >= 4 is 17.8 Å². The number of fused-ring (bicyclic) bond motifs is 1. The Morgan fingerprint density at radius 1 is 1.25 bits per heavy atom. The average Bonchev–Trinajstić information content (AvgIpc) is 3.26. The number of allylic oxidation sites excluding steroid dienone is 2. The summed E-state index contributed by atoms with van der Waals surface area (Å²) in [4.78, 5) is 16.8. The van der Waals surface area contributed by atoms with Crippen LogP contribution in [0.25, 0.3) is 5.70 Å². The van der Waals surface area contributed by atoms with E-state index in [9.17, 15) is 13.6 Å². The molecule has 0 atom stereocenters. The van der Waals surface area contributed by atoms with Gasteiger partial charge in [-0.25, -0.2) is 0 Å². The van der Waals surface area contributed by atoms with Gasteiger partial charge in [0, 0.05) is 5.56 Å². The standard InChI is InChI=1S/C21H21F2N3O4.C2H6/c1-6-15(14-9-18-17(8-11(14)3)28-21(22,23)29-18)24-10-12(4)25-20(27)19-13(5)30-26-16(19)7-2;1-2/h6,8-10H,4,7H2,1-3,5H3,(H,25,27);1-2H3/b15-6-,24-10?;. The summed E-state index contributed by atoms with van der Waals surface area (Å²) < 4.78 is 40.7. The Hall–Kier alpha value is -3.49. The molecule has 3 rings (SSSR count). The van der Waals surface area contributed by atoms with Crippen molar-refractivity contribution in [1.29, 1.82) is 0 Å². The summed E-state index contributed by atoms with van der Waals surface area (Å²) in [6.45, 7) is 14.8. The Morgan fingerprint density at radius 3 is 2.47 bits per heavy atom. The largest absolute Gasteiger partial charge is 0.586 e. The van der Waals surface area contributed by atoms with E-state index in [-0.39, 0.29) is 17.2 Å². The molecule has 1 aliphatic heterocycles. The normalized spacial score (nSPS) is 14.2. The zero-order chi connectivity index (χ0) is 24.1. The second-order valence-electron chi connectivity index (χ2n) is 6.61. The lowest BCUT2D eigenvalue weighted by Crippen LogP contribution is -2.25. The van der Waals surface area contributed by atoms with Crippen LogP contribution in [0.3, 0.4) is 0 Å². The van der Waals surface area contributed by atoms with Crippen molar-refractivity contribution in [2.45, 2.75) is 54.3 Å². The number of alkyl halides is 2. The third-order valence-electron chi connectivity index (χ3n) is 4.43. The van der Waals surface area contributed by atoms with Crippen molar-refractivity contribution in [2.24, 2.45) is 4.99 Å². The molecule has 0 spiro atoms. The number of halogens is 2. The molecule has 0 saturated carbocycles. The summed E-state index contributed by atoms with van der Waals surface area (Å²) in [5.41, 5.74) is 2.90. The summed E-state index contributed by atoms with van der Waals surface area (Å²) in [5.74, 6) is -0.0907. The molecule has 172 valence electrons. The fraction of sp³-hybridized carbons (Fsp3) is 0.348. The van der Waals surface area contributed by atoms with Crippen LogP contribution >= 0.6 is 0 Å². The highest BCUT2D eigenvalue weighted by Crippen LogP contribution is 2.43. The molecule has 0 fully saturated rings. The molecule has 2 heterocycles. The Bertz CT molecular complexity index is 1070. The van der Waals surface area contributed by atoms with Crippen molar-refractivity contribution in [3.63, 3.8) is 0 Å². The third-order valence-corrected chi connectivity index (χ3v) is 4.43. The van der Waals surface area contributed by atoms with Gasteiger partial charge < -0.3 is 19.3 Å². The van der Waals surface area contributed by atoms with E-state index in [2.05, 4.69) is 31.5 Å². The predicted octanol–water partition coefficient (Wildman–Crippen LogP) is 5.58. The van der Waals surface area contributed by atoms with E-state index < -0.39 is 12.2 Å². The van der Waals surface area contributed by atoms with Crippen LogP contribution in [0.2, 0.25) is 0 Å². The third kappa shape index (κ3) is 5.40. The minimum atomic E-state index is -3.69.